The quantitative estimate of drug-likeness (QED) is 0.678. The van der Waals surface area contributed by atoms with E-state index in [9.17, 15) is 9.59 Å². The second-order valence-corrected chi connectivity index (χ2v) is 5.83. The predicted molar refractivity (Wildman–Crippen MR) is 98.9 cm³/mol. The fraction of sp³-hybridized carbons (Fsp3) is 0.0476. The van der Waals surface area contributed by atoms with Crippen molar-refractivity contribution in [2.24, 2.45) is 0 Å². The number of carbonyl (C=O) groups excluding carboxylic acids is 2. The average Bonchev–Trinajstić information content (AvgIpc) is 2.69. The second-order valence-electron chi connectivity index (χ2n) is 5.40. The van der Waals surface area contributed by atoms with E-state index < -0.39 is 17.7 Å². The van der Waals surface area contributed by atoms with Crippen molar-refractivity contribution in [1.29, 1.82) is 0 Å². The first-order valence-corrected chi connectivity index (χ1v) is 8.12. The van der Waals surface area contributed by atoms with Crippen LogP contribution in [-0.2, 0) is 0 Å². The Hall–Kier alpha value is -2.91. The normalized spacial score (nSPS) is 13.4. The molecule has 1 amide bonds. The summed E-state index contributed by atoms with van der Waals surface area (Å²) in [5.41, 5.74) is 1.05. The monoisotopic (exact) mass is 350 g/mol. The van der Waals surface area contributed by atoms with E-state index in [-0.39, 0.29) is 0 Å². The smallest absolute Gasteiger partial charge is 0.252 e. The van der Waals surface area contributed by atoms with Gasteiger partial charge in [-0.25, -0.2) is 0 Å². The van der Waals surface area contributed by atoms with E-state index in [1.165, 1.54) is 0 Å². The summed E-state index contributed by atoms with van der Waals surface area (Å²) in [7, 11) is 0. The van der Waals surface area contributed by atoms with Gasteiger partial charge in [-0.05, 0) is 42.0 Å². The molecule has 0 heterocycles. The summed E-state index contributed by atoms with van der Waals surface area (Å²) in [5, 5.41) is 3.07. The van der Waals surface area contributed by atoms with Gasteiger partial charge < -0.3 is 5.32 Å². The summed E-state index contributed by atoms with van der Waals surface area (Å²) in [6, 6.07) is 21.3. The van der Waals surface area contributed by atoms with Crippen molar-refractivity contribution >= 4 is 23.3 Å². The molecule has 3 aromatic rings. The van der Waals surface area contributed by atoms with Crippen LogP contribution < -0.4 is 5.32 Å². The number of hydrogen-bond donors (Lipinski definition) is 1. The Morgan fingerprint density at radius 2 is 1.36 bits per heavy atom. The van der Waals surface area contributed by atoms with Crippen LogP contribution in [0.3, 0.4) is 0 Å². The maximum absolute atomic E-state index is 13.1. The molecule has 0 unspecified atom stereocenters. The van der Waals surface area contributed by atoms with Gasteiger partial charge in [0.25, 0.3) is 5.91 Å². The molecule has 1 N–H and O–H groups in total. The van der Waals surface area contributed by atoms with Crippen molar-refractivity contribution in [2.75, 3.05) is 0 Å². The van der Waals surface area contributed by atoms with Crippen molar-refractivity contribution < 1.29 is 11.0 Å². The first-order chi connectivity index (χ1) is 12.5. The number of benzene rings is 3. The van der Waals surface area contributed by atoms with E-state index in [1.54, 1.807) is 84.9 Å². The van der Waals surface area contributed by atoms with Crippen LogP contribution in [0, 0.1) is 0 Å². The number of Topliss-reactive ketones (excluding diaryl/α,β-unsaturated/α-hetero) is 1. The summed E-state index contributed by atoms with van der Waals surface area (Å²) in [6.07, 6.45) is 0. The van der Waals surface area contributed by atoms with E-state index in [0.717, 1.165) is 0 Å². The summed E-state index contributed by atoms with van der Waals surface area (Å²) < 4.78 is 8.82. The molecule has 3 aromatic carbocycles. The molecule has 0 radical (unpaired) electrons. The zero-order valence-corrected chi connectivity index (χ0v) is 14.0. The standard InChI is InChI=1S/C21H16ClNO2/c22-18-13-11-16(12-14-18)20(24)19(15-7-3-1-4-8-15)23-21(25)17-9-5-2-6-10-17/h1-14,19H,(H,23,25)/t19-/m0/s1/i19D. The van der Waals surface area contributed by atoms with Crippen LogP contribution in [0.15, 0.2) is 84.9 Å². The molecule has 124 valence electrons. The first-order valence-electron chi connectivity index (χ1n) is 8.24. The molecule has 0 aromatic heterocycles. The Bertz CT molecular complexity index is 914. The van der Waals surface area contributed by atoms with E-state index in [1.807, 2.05) is 0 Å². The van der Waals surface area contributed by atoms with Crippen LogP contribution >= 0.6 is 11.6 Å². The number of carbonyl (C=O) groups is 2. The molecule has 0 fully saturated rings. The van der Waals surface area contributed by atoms with Crippen LogP contribution in [0.1, 0.15) is 33.7 Å². The minimum Gasteiger partial charge on any atom is -0.338 e. The molecule has 3 nitrogen and oxygen atoms in total. The van der Waals surface area contributed by atoms with Gasteiger partial charge in [0.1, 0.15) is 6.02 Å². The molecule has 0 aliphatic rings. The Morgan fingerprint density at radius 1 is 0.800 bits per heavy atom. The average molecular weight is 351 g/mol. The molecular formula is C21H16ClNO2. The lowest BCUT2D eigenvalue weighted by atomic mass is 9.97. The first kappa shape index (κ1) is 15.6. The molecule has 1 atom stereocenters. The zero-order chi connectivity index (χ0) is 18.6. The van der Waals surface area contributed by atoms with Gasteiger partial charge in [-0.1, -0.05) is 60.1 Å². The predicted octanol–water partition coefficient (Wildman–Crippen LogP) is 4.69. The summed E-state index contributed by atoms with van der Waals surface area (Å²) in [4.78, 5) is 25.7. The van der Waals surface area contributed by atoms with E-state index >= 15 is 0 Å². The Kier molecular flexibility index (Phi) is 4.85. The molecule has 0 aliphatic heterocycles. The molecule has 3 rings (SSSR count). The molecular weight excluding hydrogens is 334 g/mol. The number of nitrogens with one attached hydrogen (secondary N) is 1. The van der Waals surface area contributed by atoms with Gasteiger partial charge in [0.05, 0.1) is 1.37 Å². The Balaban J connectivity index is 2.01. The minimum atomic E-state index is -1.96. The van der Waals surface area contributed by atoms with Gasteiger partial charge in [-0.2, -0.15) is 0 Å². The lowest BCUT2D eigenvalue weighted by Gasteiger charge is -2.18. The maximum atomic E-state index is 13.1. The molecule has 0 saturated carbocycles. The molecule has 4 heteroatoms. The van der Waals surface area contributed by atoms with Crippen LogP contribution in [0.25, 0.3) is 0 Å². The Morgan fingerprint density at radius 3 is 1.96 bits per heavy atom. The maximum Gasteiger partial charge on any atom is 0.252 e. The van der Waals surface area contributed by atoms with E-state index in [4.69, 9.17) is 13.0 Å². The molecule has 0 spiro atoms. The van der Waals surface area contributed by atoms with Crippen LogP contribution in [0.2, 0.25) is 5.02 Å². The highest BCUT2D eigenvalue weighted by Gasteiger charge is 2.24. The fourth-order valence-electron chi connectivity index (χ4n) is 2.39. The van der Waals surface area contributed by atoms with Gasteiger partial charge >= 0.3 is 0 Å². The molecule has 25 heavy (non-hydrogen) atoms. The van der Waals surface area contributed by atoms with Gasteiger partial charge in [0, 0.05) is 16.1 Å². The van der Waals surface area contributed by atoms with Gasteiger partial charge in [-0.15, -0.1) is 0 Å². The number of halogens is 1. The van der Waals surface area contributed by atoms with Crippen LogP contribution in [0.5, 0.6) is 0 Å². The number of amides is 1. The number of hydrogen-bond acceptors (Lipinski definition) is 2. The molecule has 0 saturated heterocycles. The van der Waals surface area contributed by atoms with Gasteiger partial charge in [0.2, 0.25) is 0 Å². The van der Waals surface area contributed by atoms with E-state index in [2.05, 4.69) is 5.32 Å². The summed E-state index contributed by atoms with van der Waals surface area (Å²) >= 11 is 5.88. The van der Waals surface area contributed by atoms with Crippen molar-refractivity contribution in [2.45, 2.75) is 6.02 Å². The van der Waals surface area contributed by atoms with Gasteiger partial charge in [0.15, 0.2) is 5.78 Å². The summed E-state index contributed by atoms with van der Waals surface area (Å²) in [5.74, 6) is -1.03. The van der Waals surface area contributed by atoms with Crippen molar-refractivity contribution in [3.8, 4) is 0 Å². The topological polar surface area (TPSA) is 46.2 Å². The number of rotatable bonds is 5. The highest BCUT2D eigenvalue weighted by molar-refractivity contribution is 6.30. The SMILES string of the molecule is [2H][C@@](NC(=O)c1ccccc1)(C(=O)c1ccc(Cl)cc1)c1ccccc1. The van der Waals surface area contributed by atoms with Crippen LogP contribution in [0.4, 0.5) is 0 Å². The number of ketones is 1. The zero-order valence-electron chi connectivity index (χ0n) is 14.3. The molecule has 0 aliphatic carbocycles. The third-order valence-corrected chi connectivity index (χ3v) is 3.92. The lowest BCUT2D eigenvalue weighted by molar-refractivity contribution is 0.0857. The summed E-state index contributed by atoms with van der Waals surface area (Å²) in [6.45, 7) is 0. The third kappa shape index (κ3) is 4.14. The van der Waals surface area contributed by atoms with Crippen molar-refractivity contribution in [3.05, 3.63) is 107 Å². The minimum absolute atomic E-state index is 0.293. The largest absolute Gasteiger partial charge is 0.338 e. The Labute approximate surface area is 152 Å². The lowest BCUT2D eigenvalue weighted by Crippen LogP contribution is -2.34. The molecule has 0 bridgehead atoms. The second kappa shape index (κ2) is 7.77. The highest BCUT2D eigenvalue weighted by Crippen LogP contribution is 2.20. The van der Waals surface area contributed by atoms with Crippen molar-refractivity contribution in [1.82, 2.24) is 5.32 Å². The van der Waals surface area contributed by atoms with Crippen LogP contribution in [-0.4, -0.2) is 11.7 Å². The van der Waals surface area contributed by atoms with E-state index in [0.29, 0.717) is 21.7 Å². The fourth-order valence-corrected chi connectivity index (χ4v) is 2.51. The third-order valence-electron chi connectivity index (χ3n) is 3.67. The van der Waals surface area contributed by atoms with Crippen molar-refractivity contribution in [3.63, 3.8) is 0 Å². The highest BCUT2D eigenvalue weighted by atomic mass is 35.5. The van der Waals surface area contributed by atoms with Gasteiger partial charge in [-0.3, -0.25) is 9.59 Å².